The van der Waals surface area contributed by atoms with E-state index >= 15 is 0 Å². The Labute approximate surface area is 127 Å². The number of hydrogen-bond acceptors (Lipinski definition) is 5. The molecule has 3 aliphatic rings. The van der Waals surface area contributed by atoms with Gasteiger partial charge >= 0.3 is 0 Å². The first-order valence-corrected chi connectivity index (χ1v) is 7.09. The minimum absolute atomic E-state index is 0.294. The number of hydrazone groups is 1. The van der Waals surface area contributed by atoms with Crippen molar-refractivity contribution in [2.75, 3.05) is 7.11 Å². The zero-order valence-corrected chi connectivity index (χ0v) is 11.9. The molecule has 22 heavy (non-hydrogen) atoms. The summed E-state index contributed by atoms with van der Waals surface area (Å²) in [5.41, 5.74) is 0.708. The van der Waals surface area contributed by atoms with E-state index in [2.05, 4.69) is 5.10 Å². The Kier molecular flexibility index (Phi) is 2.87. The van der Waals surface area contributed by atoms with E-state index in [9.17, 15) is 9.59 Å². The number of nitrogens with zero attached hydrogens (tertiary/aromatic N) is 2. The SMILES string of the molecule is COc1ccccc1/C=N/N1C(=O)[C@@H]2[C@@H](C1=O)[C@@H]1C=C[C@@H]2O1. The molecule has 0 radical (unpaired) electrons. The Hall–Kier alpha value is -2.47. The van der Waals surface area contributed by atoms with E-state index in [1.807, 2.05) is 30.4 Å². The highest BCUT2D eigenvalue weighted by Gasteiger charge is 2.61. The van der Waals surface area contributed by atoms with Gasteiger partial charge in [-0.25, -0.2) is 0 Å². The van der Waals surface area contributed by atoms with Gasteiger partial charge in [0.15, 0.2) is 0 Å². The van der Waals surface area contributed by atoms with Crippen LogP contribution in [0.15, 0.2) is 41.5 Å². The molecule has 2 bridgehead atoms. The summed E-state index contributed by atoms with van der Waals surface area (Å²) in [6.45, 7) is 0. The number of ether oxygens (including phenoxy) is 2. The molecule has 0 N–H and O–H groups in total. The average molecular weight is 298 g/mol. The van der Waals surface area contributed by atoms with Gasteiger partial charge in [0.25, 0.3) is 11.8 Å². The molecule has 0 aromatic heterocycles. The summed E-state index contributed by atoms with van der Waals surface area (Å²) >= 11 is 0. The maximum Gasteiger partial charge on any atom is 0.256 e. The Balaban J connectivity index is 1.61. The molecule has 2 amide bonds. The number of carbonyl (C=O) groups is 2. The monoisotopic (exact) mass is 298 g/mol. The zero-order valence-electron chi connectivity index (χ0n) is 11.9. The maximum atomic E-state index is 12.4. The van der Waals surface area contributed by atoms with Gasteiger partial charge in [-0.1, -0.05) is 24.3 Å². The van der Waals surface area contributed by atoms with E-state index in [0.29, 0.717) is 11.3 Å². The number of benzene rings is 1. The van der Waals surface area contributed by atoms with Crippen molar-refractivity contribution >= 4 is 18.0 Å². The number of imide groups is 1. The molecule has 0 unspecified atom stereocenters. The number of hydrogen-bond donors (Lipinski definition) is 0. The molecule has 1 aromatic carbocycles. The van der Waals surface area contributed by atoms with Gasteiger partial charge in [0.1, 0.15) is 5.75 Å². The third-order valence-electron chi connectivity index (χ3n) is 4.34. The van der Waals surface area contributed by atoms with Crippen LogP contribution in [0.2, 0.25) is 0 Å². The lowest BCUT2D eigenvalue weighted by atomic mass is 9.85. The van der Waals surface area contributed by atoms with Crippen molar-refractivity contribution < 1.29 is 19.1 Å². The van der Waals surface area contributed by atoms with Gasteiger partial charge in [0.2, 0.25) is 0 Å². The summed E-state index contributed by atoms with van der Waals surface area (Å²) in [7, 11) is 1.56. The van der Waals surface area contributed by atoms with Crippen molar-refractivity contribution in [2.45, 2.75) is 12.2 Å². The van der Waals surface area contributed by atoms with Crippen LogP contribution < -0.4 is 4.74 Å². The molecule has 112 valence electrons. The van der Waals surface area contributed by atoms with E-state index in [1.165, 1.54) is 6.21 Å². The number of carbonyl (C=O) groups excluding carboxylic acids is 2. The van der Waals surface area contributed by atoms with Crippen LogP contribution in [0.3, 0.4) is 0 Å². The Bertz CT molecular complexity index is 682. The average Bonchev–Trinajstić information content (AvgIpc) is 3.21. The van der Waals surface area contributed by atoms with E-state index in [0.717, 1.165) is 5.01 Å². The van der Waals surface area contributed by atoms with Gasteiger partial charge in [-0.2, -0.15) is 10.1 Å². The van der Waals surface area contributed by atoms with Crippen LogP contribution in [0.1, 0.15) is 5.56 Å². The Morgan fingerprint density at radius 3 is 2.41 bits per heavy atom. The molecule has 4 atom stereocenters. The Morgan fingerprint density at radius 1 is 1.14 bits per heavy atom. The highest BCUT2D eigenvalue weighted by Crippen LogP contribution is 2.45. The van der Waals surface area contributed by atoms with Gasteiger partial charge < -0.3 is 9.47 Å². The largest absolute Gasteiger partial charge is 0.496 e. The molecule has 6 heteroatoms. The lowest BCUT2D eigenvalue weighted by molar-refractivity contribution is -0.142. The molecule has 0 aliphatic carbocycles. The van der Waals surface area contributed by atoms with Crippen LogP contribution >= 0.6 is 0 Å². The Morgan fingerprint density at radius 2 is 1.77 bits per heavy atom. The molecule has 3 aliphatic heterocycles. The van der Waals surface area contributed by atoms with Gasteiger partial charge in [0.05, 0.1) is 37.4 Å². The first kappa shape index (κ1) is 13.2. The lowest BCUT2D eigenvalue weighted by Gasteiger charge is -2.12. The van der Waals surface area contributed by atoms with Crippen LogP contribution in [0, 0.1) is 11.8 Å². The fourth-order valence-electron chi connectivity index (χ4n) is 3.29. The van der Waals surface area contributed by atoms with Crippen molar-refractivity contribution in [3.8, 4) is 5.75 Å². The minimum Gasteiger partial charge on any atom is -0.496 e. The van der Waals surface area contributed by atoms with Crippen molar-refractivity contribution in [2.24, 2.45) is 16.9 Å². The predicted molar refractivity (Wildman–Crippen MR) is 77.2 cm³/mol. The summed E-state index contributed by atoms with van der Waals surface area (Å²) in [4.78, 5) is 24.8. The highest BCUT2D eigenvalue weighted by atomic mass is 16.5. The molecular weight excluding hydrogens is 284 g/mol. The smallest absolute Gasteiger partial charge is 0.256 e. The zero-order chi connectivity index (χ0) is 15.3. The summed E-state index contributed by atoms with van der Waals surface area (Å²) in [5, 5.41) is 5.06. The molecule has 0 saturated carbocycles. The maximum absolute atomic E-state index is 12.4. The first-order valence-electron chi connectivity index (χ1n) is 7.09. The second-order valence-corrected chi connectivity index (χ2v) is 5.48. The molecule has 4 rings (SSSR count). The van der Waals surface area contributed by atoms with Gasteiger partial charge in [-0.3, -0.25) is 9.59 Å². The van der Waals surface area contributed by atoms with E-state index in [1.54, 1.807) is 13.2 Å². The molecule has 6 nitrogen and oxygen atoms in total. The quantitative estimate of drug-likeness (QED) is 0.474. The molecule has 2 fully saturated rings. The molecule has 3 heterocycles. The molecule has 2 saturated heterocycles. The third-order valence-corrected chi connectivity index (χ3v) is 4.34. The summed E-state index contributed by atoms with van der Waals surface area (Å²) in [5.74, 6) is -0.818. The van der Waals surface area contributed by atoms with E-state index in [4.69, 9.17) is 9.47 Å². The van der Waals surface area contributed by atoms with Gasteiger partial charge in [-0.15, -0.1) is 0 Å². The first-order chi connectivity index (χ1) is 10.7. The second kappa shape index (κ2) is 4.78. The van der Waals surface area contributed by atoms with Crippen molar-refractivity contribution in [1.82, 2.24) is 5.01 Å². The normalized spacial score (nSPS) is 32.3. The van der Waals surface area contributed by atoms with Gasteiger partial charge in [0, 0.05) is 5.56 Å². The number of fused-ring (bicyclic) bond motifs is 5. The topological polar surface area (TPSA) is 68.2 Å². The third kappa shape index (κ3) is 1.74. The van der Waals surface area contributed by atoms with Crippen LogP contribution in [-0.4, -0.2) is 42.4 Å². The van der Waals surface area contributed by atoms with E-state index < -0.39 is 11.8 Å². The summed E-state index contributed by atoms with van der Waals surface area (Å²) in [6, 6.07) is 7.28. The molecular formula is C16H14N2O4. The van der Waals surface area contributed by atoms with Crippen LogP contribution in [0.5, 0.6) is 5.75 Å². The van der Waals surface area contributed by atoms with Crippen molar-refractivity contribution in [1.29, 1.82) is 0 Å². The number of para-hydroxylation sites is 1. The number of amides is 2. The predicted octanol–water partition coefficient (Wildman–Crippen LogP) is 0.967. The minimum atomic E-state index is -0.433. The summed E-state index contributed by atoms with van der Waals surface area (Å²) in [6.07, 6.45) is 4.59. The fraction of sp³-hybridized carbons (Fsp3) is 0.312. The second-order valence-electron chi connectivity index (χ2n) is 5.48. The number of rotatable bonds is 3. The van der Waals surface area contributed by atoms with Crippen LogP contribution in [0.4, 0.5) is 0 Å². The van der Waals surface area contributed by atoms with Gasteiger partial charge in [-0.05, 0) is 12.1 Å². The molecule has 0 spiro atoms. The number of methoxy groups -OCH3 is 1. The highest BCUT2D eigenvalue weighted by molar-refractivity contribution is 6.07. The van der Waals surface area contributed by atoms with E-state index in [-0.39, 0.29) is 24.0 Å². The lowest BCUT2D eigenvalue weighted by Crippen LogP contribution is -2.30. The van der Waals surface area contributed by atoms with Crippen LogP contribution in [-0.2, 0) is 14.3 Å². The molecule has 1 aromatic rings. The fourth-order valence-corrected chi connectivity index (χ4v) is 3.29. The standard InChI is InChI=1S/C16H14N2O4/c1-21-10-5-3-2-4-9(10)8-17-18-15(19)13-11-6-7-12(22-11)14(13)16(18)20/h2-8,11-14H,1H3/b17-8+/t11-,12-,13-,14-/m0/s1. The van der Waals surface area contributed by atoms with Crippen LogP contribution in [0.25, 0.3) is 0 Å². The van der Waals surface area contributed by atoms with Crippen molar-refractivity contribution in [3.63, 3.8) is 0 Å². The summed E-state index contributed by atoms with van der Waals surface area (Å²) < 4.78 is 10.8. The van der Waals surface area contributed by atoms with Crippen molar-refractivity contribution in [3.05, 3.63) is 42.0 Å².